The molecule has 0 saturated heterocycles. The lowest BCUT2D eigenvalue weighted by atomic mass is 10.0. The van der Waals surface area contributed by atoms with Crippen molar-refractivity contribution in [3.8, 4) is 11.3 Å². The summed E-state index contributed by atoms with van der Waals surface area (Å²) in [5, 5.41) is 19.4. The average Bonchev–Trinajstić information content (AvgIpc) is 3.59. The molecule has 8 nitrogen and oxygen atoms in total. The number of rotatable bonds is 5. The lowest BCUT2D eigenvalue weighted by molar-refractivity contribution is -0.384. The highest BCUT2D eigenvalue weighted by Gasteiger charge is 2.34. The van der Waals surface area contributed by atoms with Crippen LogP contribution in [0.5, 0.6) is 0 Å². The Balaban J connectivity index is 1.54. The molecule has 3 heterocycles. The second kappa shape index (κ2) is 8.90. The zero-order chi connectivity index (χ0) is 24.6. The predicted octanol–water partition coefficient (Wildman–Crippen LogP) is 6.81. The van der Waals surface area contributed by atoms with E-state index in [1.165, 1.54) is 6.07 Å². The van der Waals surface area contributed by atoms with E-state index in [-0.39, 0.29) is 11.7 Å². The number of hydrogen-bond donors (Lipinski definition) is 0. The van der Waals surface area contributed by atoms with Gasteiger partial charge in [-0.15, -0.1) is 0 Å². The highest BCUT2D eigenvalue weighted by atomic mass is 35.5. The summed E-state index contributed by atoms with van der Waals surface area (Å²) in [5.74, 6) is 1.01. The molecule has 5 aromatic rings. The lowest BCUT2D eigenvalue weighted by Crippen LogP contribution is -2.21. The van der Waals surface area contributed by atoms with E-state index in [1.54, 1.807) is 35.5 Å². The molecule has 0 bridgehead atoms. The summed E-state index contributed by atoms with van der Waals surface area (Å²) < 4.78 is 5.60. The molecular weight excluding hydrogens is 478 g/mol. The number of benzene rings is 3. The lowest BCUT2D eigenvalue weighted by Gasteiger charge is -2.23. The van der Waals surface area contributed by atoms with Crippen molar-refractivity contribution < 1.29 is 9.34 Å². The smallest absolute Gasteiger partial charge is 0.269 e. The predicted molar refractivity (Wildman–Crippen MR) is 138 cm³/mol. The van der Waals surface area contributed by atoms with Crippen LogP contribution >= 0.6 is 11.6 Å². The van der Waals surface area contributed by atoms with Crippen LogP contribution in [0, 0.1) is 10.1 Å². The molecule has 1 atom stereocenters. The van der Waals surface area contributed by atoms with E-state index in [9.17, 15) is 10.1 Å². The molecular formula is C27H18ClN5O3. The second-order valence-electron chi connectivity index (χ2n) is 8.34. The number of furan rings is 1. The van der Waals surface area contributed by atoms with E-state index < -0.39 is 4.92 Å². The standard InChI is InChI=1S/C27H18ClN5O3/c28-19-11-12-22-21(15-19)26(17-6-2-1-3-7-17)30-27(29-22)32-24(16-23(31-32)25-10-5-13-36-25)18-8-4-9-20(14-18)33(34)35/h1-15,24H,16H2/t24-/m0/s1. The molecule has 36 heavy (non-hydrogen) atoms. The summed E-state index contributed by atoms with van der Waals surface area (Å²) >= 11 is 6.31. The molecule has 6 rings (SSSR count). The Morgan fingerprint density at radius 3 is 2.61 bits per heavy atom. The number of hydrazone groups is 1. The average molecular weight is 496 g/mol. The Kier molecular flexibility index (Phi) is 5.42. The molecule has 1 aliphatic heterocycles. The Hall–Kier alpha value is -4.56. The van der Waals surface area contributed by atoms with Crippen LogP contribution in [0.1, 0.15) is 23.8 Å². The number of anilines is 1. The third kappa shape index (κ3) is 3.97. The van der Waals surface area contributed by atoms with E-state index in [2.05, 4.69) is 0 Å². The molecule has 1 aliphatic rings. The summed E-state index contributed by atoms with van der Waals surface area (Å²) in [7, 11) is 0. The summed E-state index contributed by atoms with van der Waals surface area (Å²) in [6.45, 7) is 0. The topological polar surface area (TPSA) is 97.7 Å². The fourth-order valence-electron chi connectivity index (χ4n) is 4.40. The molecule has 0 aliphatic carbocycles. The summed E-state index contributed by atoms with van der Waals surface area (Å²) in [5.41, 5.74) is 3.79. The van der Waals surface area contributed by atoms with Gasteiger partial charge >= 0.3 is 0 Å². The van der Waals surface area contributed by atoms with Gasteiger partial charge in [0.25, 0.3) is 5.69 Å². The normalized spacial score (nSPS) is 15.3. The Labute approximate surface area is 210 Å². The third-order valence-electron chi connectivity index (χ3n) is 6.08. The summed E-state index contributed by atoms with van der Waals surface area (Å²) in [6.07, 6.45) is 2.06. The molecule has 0 fully saturated rings. The van der Waals surface area contributed by atoms with Crippen molar-refractivity contribution in [2.24, 2.45) is 5.10 Å². The maximum Gasteiger partial charge on any atom is 0.269 e. The van der Waals surface area contributed by atoms with Crippen molar-refractivity contribution in [3.05, 3.63) is 118 Å². The van der Waals surface area contributed by atoms with Crippen LogP contribution in [-0.4, -0.2) is 20.6 Å². The zero-order valence-corrected chi connectivity index (χ0v) is 19.5. The second-order valence-corrected chi connectivity index (χ2v) is 8.78. The van der Waals surface area contributed by atoms with Gasteiger partial charge in [0, 0.05) is 34.5 Å². The summed E-state index contributed by atoms with van der Waals surface area (Å²) in [6, 6.07) is 25.1. The monoisotopic (exact) mass is 495 g/mol. The van der Waals surface area contributed by atoms with Crippen LogP contribution in [0.25, 0.3) is 22.2 Å². The molecule has 9 heteroatoms. The van der Waals surface area contributed by atoms with Crippen LogP contribution in [-0.2, 0) is 0 Å². The van der Waals surface area contributed by atoms with Gasteiger partial charge in [-0.2, -0.15) is 5.10 Å². The molecule has 0 unspecified atom stereocenters. The van der Waals surface area contributed by atoms with Crippen molar-refractivity contribution in [1.29, 1.82) is 0 Å². The number of halogens is 1. The first kappa shape index (κ1) is 21.9. The largest absolute Gasteiger partial charge is 0.463 e. The fraction of sp³-hybridized carbons (Fsp3) is 0.0741. The van der Waals surface area contributed by atoms with Crippen molar-refractivity contribution in [2.75, 3.05) is 5.01 Å². The molecule has 0 saturated carbocycles. The first-order valence-electron chi connectivity index (χ1n) is 11.2. The van der Waals surface area contributed by atoms with Crippen LogP contribution in [0.2, 0.25) is 5.02 Å². The van der Waals surface area contributed by atoms with Gasteiger partial charge in [0.05, 0.1) is 28.4 Å². The number of nitro benzene ring substituents is 1. The maximum absolute atomic E-state index is 11.5. The maximum atomic E-state index is 11.5. The highest BCUT2D eigenvalue weighted by Crippen LogP contribution is 2.38. The third-order valence-corrected chi connectivity index (χ3v) is 6.31. The van der Waals surface area contributed by atoms with Gasteiger partial charge in [-0.1, -0.05) is 54.1 Å². The van der Waals surface area contributed by atoms with Gasteiger partial charge in [-0.25, -0.2) is 15.0 Å². The van der Waals surface area contributed by atoms with Crippen LogP contribution < -0.4 is 5.01 Å². The Morgan fingerprint density at radius 1 is 0.972 bits per heavy atom. The number of nitro groups is 1. The molecule has 3 aromatic carbocycles. The van der Waals surface area contributed by atoms with Crippen LogP contribution in [0.4, 0.5) is 11.6 Å². The fourth-order valence-corrected chi connectivity index (χ4v) is 4.57. The molecule has 2 aromatic heterocycles. The Morgan fingerprint density at radius 2 is 1.83 bits per heavy atom. The Bertz CT molecular complexity index is 1620. The van der Waals surface area contributed by atoms with Crippen LogP contribution in [0.3, 0.4) is 0 Å². The van der Waals surface area contributed by atoms with Gasteiger partial charge in [0.15, 0.2) is 0 Å². The minimum Gasteiger partial charge on any atom is -0.463 e. The van der Waals surface area contributed by atoms with Gasteiger partial charge in [-0.05, 0) is 35.9 Å². The van der Waals surface area contributed by atoms with Gasteiger partial charge in [0.1, 0.15) is 11.5 Å². The van der Waals surface area contributed by atoms with Crippen molar-refractivity contribution in [2.45, 2.75) is 12.5 Å². The molecule has 0 radical (unpaired) electrons. The SMILES string of the molecule is O=[N+]([O-])c1cccc([C@@H]2CC(c3ccco3)=NN2c2nc(-c3ccccc3)c3cc(Cl)ccc3n2)c1. The number of fused-ring (bicyclic) bond motifs is 1. The number of non-ortho nitro benzene ring substituents is 1. The van der Waals surface area contributed by atoms with E-state index in [0.29, 0.717) is 34.4 Å². The van der Waals surface area contributed by atoms with Gasteiger partial charge in [-0.3, -0.25) is 10.1 Å². The van der Waals surface area contributed by atoms with Gasteiger partial charge < -0.3 is 4.42 Å². The van der Waals surface area contributed by atoms with E-state index in [1.807, 2.05) is 54.6 Å². The quantitative estimate of drug-likeness (QED) is 0.196. The van der Waals surface area contributed by atoms with E-state index in [4.69, 9.17) is 31.1 Å². The first-order valence-corrected chi connectivity index (χ1v) is 11.6. The van der Waals surface area contributed by atoms with Crippen molar-refractivity contribution in [3.63, 3.8) is 0 Å². The van der Waals surface area contributed by atoms with Crippen molar-refractivity contribution in [1.82, 2.24) is 9.97 Å². The van der Waals surface area contributed by atoms with Crippen LogP contribution in [0.15, 0.2) is 101 Å². The minimum absolute atomic E-state index is 0.0120. The number of nitrogens with zero attached hydrogens (tertiary/aromatic N) is 5. The number of aromatic nitrogens is 2. The number of hydrogen-bond acceptors (Lipinski definition) is 7. The molecule has 0 spiro atoms. The molecule has 176 valence electrons. The molecule has 0 amide bonds. The first-order chi connectivity index (χ1) is 17.6. The highest BCUT2D eigenvalue weighted by molar-refractivity contribution is 6.31. The summed E-state index contributed by atoms with van der Waals surface area (Å²) in [4.78, 5) is 20.8. The molecule has 0 N–H and O–H groups in total. The van der Waals surface area contributed by atoms with E-state index >= 15 is 0 Å². The van der Waals surface area contributed by atoms with E-state index in [0.717, 1.165) is 22.2 Å². The minimum atomic E-state index is -0.402. The van der Waals surface area contributed by atoms with Gasteiger partial charge in [0.2, 0.25) is 5.95 Å². The van der Waals surface area contributed by atoms with Crippen molar-refractivity contribution >= 4 is 39.9 Å². The zero-order valence-electron chi connectivity index (χ0n) is 18.8.